The predicted molar refractivity (Wildman–Crippen MR) is 137 cm³/mol. The minimum atomic E-state index is -3.79. The van der Waals surface area contributed by atoms with Crippen molar-refractivity contribution in [2.75, 3.05) is 13.1 Å². The van der Waals surface area contributed by atoms with E-state index in [4.69, 9.17) is 4.52 Å². The van der Waals surface area contributed by atoms with Crippen LogP contribution >= 0.6 is 0 Å². The quantitative estimate of drug-likeness (QED) is 0.608. The van der Waals surface area contributed by atoms with Crippen molar-refractivity contribution < 1.29 is 17.7 Å². The maximum Gasteiger partial charge on any atom is 0.248 e. The minimum Gasteiger partial charge on any atom is -0.355 e. The largest absolute Gasteiger partial charge is 0.355 e. The van der Waals surface area contributed by atoms with Gasteiger partial charge in [0.15, 0.2) is 10.7 Å². The van der Waals surface area contributed by atoms with Gasteiger partial charge in [0.1, 0.15) is 5.69 Å². The summed E-state index contributed by atoms with van der Waals surface area (Å²) in [4.78, 5) is 12.9. The van der Waals surface area contributed by atoms with Gasteiger partial charge in [0.2, 0.25) is 15.9 Å². The molecule has 1 amide bonds. The molecule has 1 aromatic carbocycles. The van der Waals surface area contributed by atoms with Gasteiger partial charge in [-0.25, -0.2) is 8.42 Å². The van der Waals surface area contributed by atoms with Gasteiger partial charge in [-0.1, -0.05) is 48.2 Å². The van der Waals surface area contributed by atoms with Crippen molar-refractivity contribution in [2.24, 2.45) is 5.92 Å². The smallest absolute Gasteiger partial charge is 0.248 e. The monoisotopic (exact) mass is 499 g/mol. The number of hydrogen-bond acceptors (Lipinski definition) is 5. The number of amides is 1. The molecule has 0 spiro atoms. The molecule has 1 saturated heterocycles. The van der Waals surface area contributed by atoms with Crippen molar-refractivity contribution in [3.8, 4) is 0 Å². The lowest BCUT2D eigenvalue weighted by molar-refractivity contribution is -0.127. The fourth-order valence-electron chi connectivity index (χ4n) is 5.47. The summed E-state index contributed by atoms with van der Waals surface area (Å²) in [5.74, 6) is 0.167. The lowest BCUT2D eigenvalue weighted by Crippen LogP contribution is -2.45. The molecule has 0 atom stereocenters. The zero-order chi connectivity index (χ0) is 25.2. The van der Waals surface area contributed by atoms with Gasteiger partial charge in [-0.3, -0.25) is 4.79 Å². The topological polar surface area (TPSA) is 92.5 Å². The van der Waals surface area contributed by atoms with E-state index in [9.17, 15) is 13.2 Å². The van der Waals surface area contributed by atoms with Crippen LogP contribution < -0.4 is 5.32 Å². The van der Waals surface area contributed by atoms with Gasteiger partial charge in [-0.05, 0) is 76.1 Å². The van der Waals surface area contributed by atoms with Crippen molar-refractivity contribution in [1.82, 2.24) is 14.8 Å². The number of benzene rings is 1. The van der Waals surface area contributed by atoms with Crippen LogP contribution in [0.2, 0.25) is 0 Å². The number of sulfonamides is 1. The zero-order valence-corrected chi connectivity index (χ0v) is 22.1. The van der Waals surface area contributed by atoms with E-state index in [-0.39, 0.29) is 28.5 Å². The molecule has 1 aromatic heterocycles. The molecule has 1 aliphatic heterocycles. The average Bonchev–Trinajstić information content (AvgIpc) is 3.20. The van der Waals surface area contributed by atoms with Crippen LogP contribution in [-0.2, 0) is 14.8 Å². The number of aryl methyl sites for hydroxylation is 4. The Morgan fingerprint density at radius 2 is 1.63 bits per heavy atom. The third-order valence-electron chi connectivity index (χ3n) is 7.35. The van der Waals surface area contributed by atoms with E-state index in [1.54, 1.807) is 13.0 Å². The summed E-state index contributed by atoms with van der Waals surface area (Å²) in [6.07, 6.45) is 10.3. The third-order valence-corrected chi connectivity index (χ3v) is 9.40. The number of nitrogens with one attached hydrogen (secondary N) is 1. The SMILES string of the molecule is Cc1cc(C)c(C=Cc2onc(C)c2S(=O)(=O)N2CCC(C(=O)NC3CCCCC3)CC2)c(C)c1. The van der Waals surface area contributed by atoms with Crippen molar-refractivity contribution in [3.63, 3.8) is 0 Å². The van der Waals surface area contributed by atoms with Crippen LogP contribution in [-0.4, -0.2) is 42.9 Å². The Morgan fingerprint density at radius 1 is 1.00 bits per heavy atom. The first-order chi connectivity index (χ1) is 16.7. The maximum absolute atomic E-state index is 13.6. The number of hydrogen-bond donors (Lipinski definition) is 1. The second-order valence-electron chi connectivity index (χ2n) is 10.1. The van der Waals surface area contributed by atoms with Crippen molar-refractivity contribution in [2.45, 2.75) is 83.6 Å². The van der Waals surface area contributed by atoms with Crippen LogP contribution in [0.3, 0.4) is 0 Å². The normalized spacial score (nSPS) is 18.9. The van der Waals surface area contributed by atoms with Gasteiger partial charge < -0.3 is 9.84 Å². The highest BCUT2D eigenvalue weighted by molar-refractivity contribution is 7.89. The van der Waals surface area contributed by atoms with Gasteiger partial charge in [0.25, 0.3) is 0 Å². The number of carbonyl (C=O) groups excluding carboxylic acids is 1. The summed E-state index contributed by atoms with van der Waals surface area (Å²) in [5.41, 5.74) is 4.81. The van der Waals surface area contributed by atoms with Crippen LogP contribution in [0, 0.1) is 33.6 Å². The van der Waals surface area contributed by atoms with Gasteiger partial charge in [-0.15, -0.1) is 0 Å². The number of nitrogens with zero attached hydrogens (tertiary/aromatic N) is 2. The molecule has 2 aliphatic rings. The summed E-state index contributed by atoms with van der Waals surface area (Å²) in [6, 6.07) is 4.47. The number of piperidine rings is 1. The van der Waals surface area contributed by atoms with Crippen LogP contribution in [0.25, 0.3) is 12.2 Å². The maximum atomic E-state index is 13.6. The first kappa shape index (κ1) is 25.6. The predicted octanol–water partition coefficient (Wildman–Crippen LogP) is 4.93. The summed E-state index contributed by atoms with van der Waals surface area (Å²) < 4.78 is 34.0. The van der Waals surface area contributed by atoms with E-state index in [0.717, 1.165) is 29.5 Å². The lowest BCUT2D eigenvalue weighted by Gasteiger charge is -2.32. The van der Waals surface area contributed by atoms with Crippen molar-refractivity contribution in [3.05, 3.63) is 45.8 Å². The second kappa shape index (κ2) is 10.7. The Labute approximate surface area is 209 Å². The standard InChI is InChI=1S/C27H37N3O4S/c1-18-16-19(2)24(20(3)17-18)10-11-25-26(21(4)29-34-25)35(32,33)30-14-12-22(13-15-30)27(31)28-23-8-6-5-7-9-23/h10-11,16-17,22-23H,5-9,12-15H2,1-4H3,(H,28,31). The summed E-state index contributed by atoms with van der Waals surface area (Å²) in [5, 5.41) is 7.15. The molecule has 4 rings (SSSR count). The van der Waals surface area contributed by atoms with Gasteiger partial charge in [-0.2, -0.15) is 4.31 Å². The van der Waals surface area contributed by atoms with E-state index < -0.39 is 10.0 Å². The molecule has 1 saturated carbocycles. The molecule has 2 aromatic rings. The fraction of sp³-hybridized carbons (Fsp3) is 0.556. The molecule has 2 heterocycles. The van der Waals surface area contributed by atoms with E-state index >= 15 is 0 Å². The third kappa shape index (κ3) is 5.70. The number of aromatic nitrogens is 1. The van der Waals surface area contributed by atoms with Crippen molar-refractivity contribution in [1.29, 1.82) is 0 Å². The number of rotatable bonds is 6. The van der Waals surface area contributed by atoms with E-state index in [0.29, 0.717) is 31.6 Å². The molecule has 1 N–H and O–H groups in total. The molecule has 7 nitrogen and oxygen atoms in total. The van der Waals surface area contributed by atoms with Crippen LogP contribution in [0.1, 0.15) is 78.7 Å². The summed E-state index contributed by atoms with van der Waals surface area (Å²) >= 11 is 0. The second-order valence-corrected chi connectivity index (χ2v) is 12.0. The molecule has 1 aliphatic carbocycles. The first-order valence-corrected chi connectivity index (χ1v) is 14.1. The van der Waals surface area contributed by atoms with E-state index in [2.05, 4.69) is 29.5 Å². The number of carbonyl (C=O) groups is 1. The fourth-order valence-corrected chi connectivity index (χ4v) is 7.19. The highest BCUT2D eigenvalue weighted by Crippen LogP contribution is 2.30. The average molecular weight is 500 g/mol. The highest BCUT2D eigenvalue weighted by Gasteiger charge is 2.36. The molecule has 2 fully saturated rings. The lowest BCUT2D eigenvalue weighted by atomic mass is 9.93. The Balaban J connectivity index is 1.46. The van der Waals surface area contributed by atoms with Gasteiger partial charge in [0.05, 0.1) is 0 Å². The van der Waals surface area contributed by atoms with E-state index in [1.165, 1.54) is 29.1 Å². The van der Waals surface area contributed by atoms with E-state index in [1.807, 2.05) is 19.9 Å². The molecule has 8 heteroatoms. The first-order valence-electron chi connectivity index (χ1n) is 12.7. The highest BCUT2D eigenvalue weighted by atomic mass is 32.2. The Morgan fingerprint density at radius 3 is 2.26 bits per heavy atom. The minimum absolute atomic E-state index is 0.0718. The van der Waals surface area contributed by atoms with Gasteiger partial charge >= 0.3 is 0 Å². The Kier molecular flexibility index (Phi) is 7.81. The zero-order valence-electron chi connectivity index (χ0n) is 21.3. The Hall–Kier alpha value is -2.45. The molecule has 0 unspecified atom stereocenters. The molecular weight excluding hydrogens is 462 g/mol. The Bertz CT molecular complexity index is 1180. The van der Waals surface area contributed by atoms with Crippen LogP contribution in [0.4, 0.5) is 0 Å². The molecule has 0 radical (unpaired) electrons. The van der Waals surface area contributed by atoms with Gasteiger partial charge in [0, 0.05) is 25.0 Å². The molecule has 35 heavy (non-hydrogen) atoms. The van der Waals surface area contributed by atoms with Crippen LogP contribution in [0.15, 0.2) is 21.6 Å². The summed E-state index contributed by atoms with van der Waals surface area (Å²) in [6.45, 7) is 8.42. The van der Waals surface area contributed by atoms with Crippen LogP contribution in [0.5, 0.6) is 0 Å². The summed E-state index contributed by atoms with van der Waals surface area (Å²) in [7, 11) is -3.79. The molecule has 0 bridgehead atoms. The molecular formula is C27H37N3O4S. The van der Waals surface area contributed by atoms with Crippen molar-refractivity contribution >= 4 is 28.1 Å². The molecule has 190 valence electrons.